The van der Waals surface area contributed by atoms with Gasteiger partial charge in [0.25, 0.3) is 0 Å². The molecule has 6 heteroatoms. The van der Waals surface area contributed by atoms with Gasteiger partial charge in [0.15, 0.2) is 9.84 Å². The Morgan fingerprint density at radius 2 is 1.73 bits per heavy atom. The third-order valence-corrected chi connectivity index (χ3v) is 6.05. The first-order valence-electron chi connectivity index (χ1n) is 9.82. The van der Waals surface area contributed by atoms with E-state index >= 15 is 0 Å². The average Bonchev–Trinajstić information content (AvgIpc) is 3.14. The van der Waals surface area contributed by atoms with Gasteiger partial charge < -0.3 is 15.0 Å². The van der Waals surface area contributed by atoms with Gasteiger partial charge in [0.2, 0.25) is 0 Å². The van der Waals surface area contributed by atoms with Crippen molar-refractivity contribution in [2.45, 2.75) is 17.9 Å². The predicted octanol–water partition coefficient (Wildman–Crippen LogP) is 4.70. The van der Waals surface area contributed by atoms with Crippen LogP contribution in [0.15, 0.2) is 83.9 Å². The molecule has 2 N–H and O–H groups in total. The quantitative estimate of drug-likeness (QED) is 0.406. The van der Waals surface area contributed by atoms with Crippen LogP contribution in [-0.2, 0) is 22.8 Å². The van der Waals surface area contributed by atoms with E-state index in [1.165, 1.54) is 6.26 Å². The van der Waals surface area contributed by atoms with Crippen LogP contribution in [0.5, 0.6) is 11.5 Å². The molecule has 0 atom stereocenters. The summed E-state index contributed by atoms with van der Waals surface area (Å²) in [5, 5.41) is 4.41. The summed E-state index contributed by atoms with van der Waals surface area (Å²) in [6.45, 7) is 1.50. The summed E-state index contributed by atoms with van der Waals surface area (Å²) in [7, 11) is -3.22. The second kappa shape index (κ2) is 8.73. The van der Waals surface area contributed by atoms with Crippen LogP contribution in [0.25, 0.3) is 10.9 Å². The Hall–Kier alpha value is -3.09. The van der Waals surface area contributed by atoms with Crippen LogP contribution in [-0.4, -0.2) is 26.2 Å². The minimum Gasteiger partial charge on any atom is -0.457 e. The first kappa shape index (κ1) is 20.2. The fourth-order valence-electron chi connectivity index (χ4n) is 3.39. The highest BCUT2D eigenvalue weighted by Gasteiger charge is 2.10. The molecule has 1 heterocycles. The summed E-state index contributed by atoms with van der Waals surface area (Å²) in [5.74, 6) is 1.63. The predicted molar refractivity (Wildman–Crippen MR) is 120 cm³/mol. The molecule has 0 spiro atoms. The number of nitrogens with one attached hydrogen (secondary N) is 2. The lowest BCUT2D eigenvalue weighted by atomic mass is 10.1. The number of ether oxygens (including phenoxy) is 1. The highest BCUT2D eigenvalue weighted by atomic mass is 32.2. The summed E-state index contributed by atoms with van der Waals surface area (Å²) in [4.78, 5) is 3.56. The Morgan fingerprint density at radius 3 is 2.53 bits per heavy atom. The SMILES string of the molecule is CS(=O)(=O)c1ccc2[nH]cc(CCNCc3cccc(Oc4ccccc4)c3)c2c1. The van der Waals surface area contributed by atoms with Crippen molar-refractivity contribution in [2.24, 2.45) is 0 Å². The molecule has 0 bridgehead atoms. The van der Waals surface area contributed by atoms with Gasteiger partial charge in [-0.05, 0) is 66.6 Å². The average molecular weight is 421 g/mol. The van der Waals surface area contributed by atoms with Crippen molar-refractivity contribution in [3.63, 3.8) is 0 Å². The maximum atomic E-state index is 11.8. The van der Waals surface area contributed by atoms with E-state index in [0.29, 0.717) is 4.90 Å². The standard InChI is InChI=1S/C24H24N2O3S/c1-30(27,28)22-10-11-24-23(15-22)19(17-26-24)12-13-25-16-18-6-5-9-21(14-18)29-20-7-3-2-4-8-20/h2-11,14-15,17,25-26H,12-13,16H2,1H3. The molecule has 0 aliphatic rings. The zero-order valence-electron chi connectivity index (χ0n) is 16.8. The van der Waals surface area contributed by atoms with Gasteiger partial charge in [0, 0.05) is 29.9 Å². The first-order valence-corrected chi connectivity index (χ1v) is 11.7. The number of rotatable bonds is 8. The molecule has 0 radical (unpaired) electrons. The molecular weight excluding hydrogens is 396 g/mol. The molecule has 0 aliphatic carbocycles. The number of aromatic amines is 1. The van der Waals surface area contributed by atoms with Gasteiger partial charge in [-0.25, -0.2) is 8.42 Å². The monoisotopic (exact) mass is 420 g/mol. The second-order valence-corrected chi connectivity index (χ2v) is 9.30. The number of fused-ring (bicyclic) bond motifs is 1. The van der Waals surface area contributed by atoms with Gasteiger partial charge >= 0.3 is 0 Å². The Balaban J connectivity index is 1.36. The second-order valence-electron chi connectivity index (χ2n) is 7.28. The van der Waals surface area contributed by atoms with E-state index in [9.17, 15) is 8.42 Å². The summed E-state index contributed by atoms with van der Waals surface area (Å²) >= 11 is 0. The summed E-state index contributed by atoms with van der Waals surface area (Å²) in [6.07, 6.45) is 3.98. The van der Waals surface area contributed by atoms with E-state index < -0.39 is 9.84 Å². The molecule has 0 saturated carbocycles. The Morgan fingerprint density at radius 1 is 0.933 bits per heavy atom. The minimum absolute atomic E-state index is 0.346. The molecule has 0 unspecified atom stereocenters. The first-order chi connectivity index (χ1) is 14.5. The zero-order chi connectivity index (χ0) is 21.0. The van der Waals surface area contributed by atoms with Crippen molar-refractivity contribution in [3.05, 3.63) is 90.1 Å². The summed E-state index contributed by atoms with van der Waals surface area (Å²) < 4.78 is 29.6. The maximum absolute atomic E-state index is 11.8. The van der Waals surface area contributed by atoms with E-state index in [1.807, 2.05) is 60.8 Å². The van der Waals surface area contributed by atoms with E-state index in [-0.39, 0.29) is 0 Å². The molecule has 0 amide bonds. The van der Waals surface area contributed by atoms with Gasteiger partial charge in [0.1, 0.15) is 11.5 Å². The van der Waals surface area contributed by atoms with Crippen molar-refractivity contribution >= 4 is 20.7 Å². The molecule has 3 aromatic carbocycles. The fraction of sp³-hybridized carbons (Fsp3) is 0.167. The summed E-state index contributed by atoms with van der Waals surface area (Å²) in [5.41, 5.74) is 3.19. The molecule has 0 aliphatic heterocycles. The maximum Gasteiger partial charge on any atom is 0.175 e. The number of hydrogen-bond acceptors (Lipinski definition) is 4. The zero-order valence-corrected chi connectivity index (χ0v) is 17.6. The smallest absolute Gasteiger partial charge is 0.175 e. The number of para-hydroxylation sites is 1. The lowest BCUT2D eigenvalue weighted by molar-refractivity contribution is 0.481. The number of benzene rings is 3. The largest absolute Gasteiger partial charge is 0.457 e. The van der Waals surface area contributed by atoms with Crippen molar-refractivity contribution < 1.29 is 13.2 Å². The Bertz CT molecular complexity index is 1250. The van der Waals surface area contributed by atoms with Crippen LogP contribution < -0.4 is 10.1 Å². The van der Waals surface area contributed by atoms with E-state index in [2.05, 4.69) is 16.4 Å². The number of hydrogen-bond donors (Lipinski definition) is 2. The minimum atomic E-state index is -3.22. The Kier molecular flexibility index (Phi) is 5.88. The van der Waals surface area contributed by atoms with Crippen molar-refractivity contribution in [3.8, 4) is 11.5 Å². The number of H-pyrrole nitrogens is 1. The van der Waals surface area contributed by atoms with Crippen LogP contribution >= 0.6 is 0 Å². The van der Waals surface area contributed by atoms with Crippen molar-refractivity contribution in [1.82, 2.24) is 10.3 Å². The van der Waals surface area contributed by atoms with Gasteiger partial charge in [-0.15, -0.1) is 0 Å². The van der Waals surface area contributed by atoms with Crippen LogP contribution in [0, 0.1) is 0 Å². The highest BCUT2D eigenvalue weighted by Crippen LogP contribution is 2.23. The van der Waals surface area contributed by atoms with Crippen LogP contribution in [0.1, 0.15) is 11.1 Å². The van der Waals surface area contributed by atoms with E-state index in [4.69, 9.17) is 4.74 Å². The van der Waals surface area contributed by atoms with E-state index in [0.717, 1.165) is 53.0 Å². The number of aromatic nitrogens is 1. The van der Waals surface area contributed by atoms with Gasteiger partial charge in [-0.2, -0.15) is 0 Å². The molecular formula is C24H24N2O3S. The van der Waals surface area contributed by atoms with Crippen LogP contribution in [0.2, 0.25) is 0 Å². The van der Waals surface area contributed by atoms with Gasteiger partial charge in [0.05, 0.1) is 4.90 Å². The van der Waals surface area contributed by atoms with E-state index in [1.54, 1.807) is 12.1 Å². The van der Waals surface area contributed by atoms with Crippen LogP contribution in [0.3, 0.4) is 0 Å². The molecule has 5 nitrogen and oxygen atoms in total. The van der Waals surface area contributed by atoms with Gasteiger partial charge in [-0.1, -0.05) is 30.3 Å². The van der Waals surface area contributed by atoms with Crippen molar-refractivity contribution in [2.75, 3.05) is 12.8 Å². The molecule has 4 aromatic rings. The van der Waals surface area contributed by atoms with Gasteiger partial charge in [-0.3, -0.25) is 0 Å². The third kappa shape index (κ3) is 4.90. The third-order valence-electron chi connectivity index (χ3n) is 4.94. The highest BCUT2D eigenvalue weighted by molar-refractivity contribution is 7.90. The van der Waals surface area contributed by atoms with Crippen molar-refractivity contribution in [1.29, 1.82) is 0 Å². The molecule has 154 valence electrons. The molecule has 0 fully saturated rings. The van der Waals surface area contributed by atoms with Crippen LogP contribution in [0.4, 0.5) is 0 Å². The summed E-state index contributed by atoms with van der Waals surface area (Å²) in [6, 6.07) is 23.0. The fourth-order valence-corrected chi connectivity index (χ4v) is 4.04. The molecule has 1 aromatic heterocycles. The molecule has 0 saturated heterocycles. The normalized spacial score (nSPS) is 11.6. The lowest BCUT2D eigenvalue weighted by Crippen LogP contribution is -2.16. The molecule has 4 rings (SSSR count). The topological polar surface area (TPSA) is 71.2 Å². The number of sulfone groups is 1. The molecule has 30 heavy (non-hydrogen) atoms. The lowest BCUT2D eigenvalue weighted by Gasteiger charge is -2.09. The Labute approximate surface area is 176 Å².